The van der Waals surface area contributed by atoms with E-state index in [1.807, 2.05) is 50.2 Å². The van der Waals surface area contributed by atoms with E-state index in [1.54, 1.807) is 19.1 Å². The maximum Gasteiger partial charge on any atom is 0.354 e. The molecule has 0 radical (unpaired) electrons. The largest absolute Gasteiger partial charge is 0.461 e. The SMILES string of the molecule is CCOC(=O)/C(=C/C(=O)c1ccc(C)cc1)Nc1ccc(C)cc1. The van der Waals surface area contributed by atoms with Crippen LogP contribution in [0, 0.1) is 13.8 Å². The first-order valence-electron chi connectivity index (χ1n) is 7.83. The summed E-state index contributed by atoms with van der Waals surface area (Å²) < 4.78 is 5.03. The lowest BCUT2D eigenvalue weighted by Gasteiger charge is -2.10. The van der Waals surface area contributed by atoms with Gasteiger partial charge in [0.2, 0.25) is 0 Å². The number of nitrogens with one attached hydrogen (secondary N) is 1. The van der Waals surface area contributed by atoms with Crippen LogP contribution in [0.5, 0.6) is 0 Å². The van der Waals surface area contributed by atoms with E-state index in [2.05, 4.69) is 5.32 Å². The summed E-state index contributed by atoms with van der Waals surface area (Å²) in [6.45, 7) is 5.90. The van der Waals surface area contributed by atoms with Crippen molar-refractivity contribution in [2.45, 2.75) is 20.8 Å². The summed E-state index contributed by atoms with van der Waals surface area (Å²) in [5.41, 5.74) is 3.54. The Morgan fingerprint density at radius 1 is 0.958 bits per heavy atom. The Morgan fingerprint density at radius 2 is 1.50 bits per heavy atom. The quantitative estimate of drug-likeness (QED) is 0.495. The molecule has 0 spiro atoms. The average Bonchev–Trinajstić information content (AvgIpc) is 2.57. The number of ketones is 1. The van der Waals surface area contributed by atoms with Gasteiger partial charge in [0.25, 0.3) is 0 Å². The maximum atomic E-state index is 12.4. The lowest BCUT2D eigenvalue weighted by molar-refractivity contribution is -0.138. The highest BCUT2D eigenvalue weighted by Crippen LogP contribution is 2.14. The van der Waals surface area contributed by atoms with Crippen molar-refractivity contribution in [3.05, 3.63) is 77.0 Å². The summed E-state index contributed by atoms with van der Waals surface area (Å²) >= 11 is 0. The molecule has 0 aromatic heterocycles. The second kappa shape index (κ2) is 8.11. The number of allylic oxidation sites excluding steroid dienone is 1. The van der Waals surface area contributed by atoms with Crippen LogP contribution in [0.15, 0.2) is 60.3 Å². The van der Waals surface area contributed by atoms with Crippen LogP contribution in [-0.4, -0.2) is 18.4 Å². The Hall–Kier alpha value is -2.88. The molecule has 4 nitrogen and oxygen atoms in total. The average molecular weight is 323 g/mol. The molecule has 1 N–H and O–H groups in total. The van der Waals surface area contributed by atoms with E-state index in [0.717, 1.165) is 16.8 Å². The van der Waals surface area contributed by atoms with Crippen molar-refractivity contribution in [1.82, 2.24) is 0 Å². The van der Waals surface area contributed by atoms with E-state index in [0.29, 0.717) is 5.56 Å². The number of carbonyl (C=O) groups is 2. The number of carbonyl (C=O) groups excluding carboxylic acids is 2. The van der Waals surface area contributed by atoms with Crippen molar-refractivity contribution in [2.75, 3.05) is 11.9 Å². The van der Waals surface area contributed by atoms with Crippen molar-refractivity contribution in [3.63, 3.8) is 0 Å². The zero-order chi connectivity index (χ0) is 17.5. The van der Waals surface area contributed by atoms with Crippen LogP contribution in [0.3, 0.4) is 0 Å². The molecule has 0 unspecified atom stereocenters. The maximum absolute atomic E-state index is 12.4. The predicted molar refractivity (Wildman–Crippen MR) is 95.0 cm³/mol. The van der Waals surface area contributed by atoms with Crippen LogP contribution in [0.2, 0.25) is 0 Å². The minimum atomic E-state index is -0.557. The van der Waals surface area contributed by atoms with Crippen molar-refractivity contribution < 1.29 is 14.3 Å². The van der Waals surface area contributed by atoms with Gasteiger partial charge in [0.1, 0.15) is 5.70 Å². The summed E-state index contributed by atoms with van der Waals surface area (Å²) in [4.78, 5) is 24.5. The second-order valence-corrected chi connectivity index (χ2v) is 5.50. The van der Waals surface area contributed by atoms with Gasteiger partial charge in [-0.2, -0.15) is 0 Å². The summed E-state index contributed by atoms with van der Waals surface area (Å²) in [7, 11) is 0. The van der Waals surface area contributed by atoms with Crippen molar-refractivity contribution in [3.8, 4) is 0 Å². The van der Waals surface area contributed by atoms with Gasteiger partial charge >= 0.3 is 5.97 Å². The molecular weight excluding hydrogens is 302 g/mol. The van der Waals surface area contributed by atoms with Crippen LogP contribution in [-0.2, 0) is 9.53 Å². The number of hydrogen-bond donors (Lipinski definition) is 1. The van der Waals surface area contributed by atoms with Gasteiger partial charge in [-0.3, -0.25) is 4.79 Å². The first-order chi connectivity index (χ1) is 11.5. The van der Waals surface area contributed by atoms with Crippen molar-refractivity contribution in [2.24, 2.45) is 0 Å². The number of benzene rings is 2. The normalized spacial score (nSPS) is 11.0. The van der Waals surface area contributed by atoms with Gasteiger partial charge in [0, 0.05) is 17.3 Å². The van der Waals surface area contributed by atoms with Crippen LogP contribution >= 0.6 is 0 Å². The second-order valence-electron chi connectivity index (χ2n) is 5.50. The number of hydrogen-bond acceptors (Lipinski definition) is 4. The summed E-state index contributed by atoms with van der Waals surface area (Å²) in [6.07, 6.45) is 1.28. The Labute approximate surface area is 142 Å². The highest BCUT2D eigenvalue weighted by atomic mass is 16.5. The molecular formula is C20H21NO3. The van der Waals surface area contributed by atoms with Gasteiger partial charge in [0.15, 0.2) is 5.78 Å². The number of anilines is 1. The lowest BCUT2D eigenvalue weighted by atomic mass is 10.1. The third-order valence-corrected chi connectivity index (χ3v) is 3.44. The Kier molecular flexibility index (Phi) is 5.90. The molecule has 0 aliphatic rings. The van der Waals surface area contributed by atoms with E-state index in [4.69, 9.17) is 4.74 Å². The molecule has 0 saturated heterocycles. The van der Waals surface area contributed by atoms with E-state index < -0.39 is 5.97 Å². The molecule has 4 heteroatoms. The fraction of sp³-hybridized carbons (Fsp3) is 0.200. The highest BCUT2D eigenvalue weighted by molar-refractivity contribution is 6.09. The summed E-state index contributed by atoms with van der Waals surface area (Å²) in [6, 6.07) is 14.7. The monoisotopic (exact) mass is 323 g/mol. The number of aryl methyl sites for hydroxylation is 2. The zero-order valence-corrected chi connectivity index (χ0v) is 14.1. The fourth-order valence-corrected chi connectivity index (χ4v) is 2.08. The van der Waals surface area contributed by atoms with E-state index in [-0.39, 0.29) is 18.1 Å². The van der Waals surface area contributed by atoms with Crippen molar-refractivity contribution in [1.29, 1.82) is 0 Å². The van der Waals surface area contributed by atoms with E-state index in [9.17, 15) is 9.59 Å². The standard InChI is InChI=1S/C20H21NO3/c1-4-24-20(23)18(21-17-11-7-15(3)8-12-17)13-19(22)16-9-5-14(2)6-10-16/h5-13,21H,4H2,1-3H3/b18-13-. The Balaban J connectivity index is 2.27. The van der Waals surface area contributed by atoms with Crippen LogP contribution in [0.1, 0.15) is 28.4 Å². The number of ether oxygens (including phenoxy) is 1. The topological polar surface area (TPSA) is 55.4 Å². The fourth-order valence-electron chi connectivity index (χ4n) is 2.08. The molecule has 2 aromatic rings. The zero-order valence-electron chi connectivity index (χ0n) is 14.1. The van der Waals surface area contributed by atoms with Gasteiger partial charge in [-0.05, 0) is 32.9 Å². The minimum absolute atomic E-state index is 0.117. The minimum Gasteiger partial charge on any atom is -0.461 e. The van der Waals surface area contributed by atoms with Gasteiger partial charge in [-0.25, -0.2) is 4.79 Å². The van der Waals surface area contributed by atoms with Crippen LogP contribution in [0.4, 0.5) is 5.69 Å². The van der Waals surface area contributed by atoms with E-state index in [1.165, 1.54) is 6.08 Å². The predicted octanol–water partition coefficient (Wildman–Crippen LogP) is 4.05. The molecule has 24 heavy (non-hydrogen) atoms. The third-order valence-electron chi connectivity index (χ3n) is 3.44. The molecule has 0 heterocycles. The van der Waals surface area contributed by atoms with E-state index >= 15 is 0 Å². The lowest BCUT2D eigenvalue weighted by Crippen LogP contribution is -2.16. The van der Waals surface area contributed by atoms with Gasteiger partial charge < -0.3 is 10.1 Å². The van der Waals surface area contributed by atoms with Gasteiger partial charge in [-0.1, -0.05) is 47.5 Å². The molecule has 0 atom stereocenters. The Morgan fingerprint density at radius 3 is 2.04 bits per heavy atom. The number of rotatable bonds is 6. The van der Waals surface area contributed by atoms with Crippen LogP contribution in [0.25, 0.3) is 0 Å². The molecule has 0 bridgehead atoms. The third kappa shape index (κ3) is 4.81. The van der Waals surface area contributed by atoms with Crippen molar-refractivity contribution >= 4 is 17.4 Å². The molecule has 2 aromatic carbocycles. The smallest absolute Gasteiger partial charge is 0.354 e. The highest BCUT2D eigenvalue weighted by Gasteiger charge is 2.14. The number of esters is 1. The first-order valence-corrected chi connectivity index (χ1v) is 7.83. The van der Waals surface area contributed by atoms with Gasteiger partial charge in [0.05, 0.1) is 6.61 Å². The molecule has 0 saturated carbocycles. The molecule has 124 valence electrons. The molecule has 0 fully saturated rings. The first kappa shape index (κ1) is 17.5. The molecule has 0 aliphatic heterocycles. The van der Waals surface area contributed by atoms with Gasteiger partial charge in [-0.15, -0.1) is 0 Å². The molecule has 0 aliphatic carbocycles. The summed E-state index contributed by atoms with van der Waals surface area (Å²) in [5, 5.41) is 2.97. The van der Waals surface area contributed by atoms with Crippen LogP contribution < -0.4 is 5.32 Å². The molecule has 2 rings (SSSR count). The Bertz CT molecular complexity index is 743. The summed E-state index contributed by atoms with van der Waals surface area (Å²) in [5.74, 6) is -0.809. The molecule has 0 amide bonds.